The van der Waals surface area contributed by atoms with Gasteiger partial charge in [-0.3, -0.25) is 4.98 Å². The van der Waals surface area contributed by atoms with Crippen LogP contribution in [0.3, 0.4) is 0 Å². The van der Waals surface area contributed by atoms with E-state index >= 15 is 0 Å². The van der Waals surface area contributed by atoms with Gasteiger partial charge in [0.25, 0.3) is 0 Å². The number of rotatable bonds is 12. The maximum atomic E-state index is 4.50. The Morgan fingerprint density at radius 1 is 0.367 bits per heavy atom. The zero-order chi connectivity index (χ0) is 32.4. The number of benzene rings is 4. The van der Waals surface area contributed by atoms with Crippen LogP contribution >= 0.6 is 0 Å². The predicted octanol–water partition coefficient (Wildman–Crippen LogP) is 9.83. The Morgan fingerprint density at radius 3 is 1.14 bits per heavy atom. The van der Waals surface area contributed by atoms with E-state index in [-0.39, 0.29) is 20.1 Å². The van der Waals surface area contributed by atoms with Gasteiger partial charge in [-0.15, -0.1) is 70.8 Å². The molecule has 7 rings (SSSR count). The minimum absolute atomic E-state index is 0. The van der Waals surface area contributed by atoms with Crippen LogP contribution in [-0.2, 0) is 58.6 Å². The molecule has 0 aliphatic rings. The van der Waals surface area contributed by atoms with Gasteiger partial charge in [-0.1, -0.05) is 85.6 Å². The van der Waals surface area contributed by atoms with Gasteiger partial charge in [0.05, 0.1) is 5.69 Å². The number of hydrogen-bond donors (Lipinski definition) is 0. The van der Waals surface area contributed by atoms with Crippen LogP contribution in [0.1, 0.15) is 33.4 Å². The smallest absolute Gasteiger partial charge is 0.0701 e. The van der Waals surface area contributed by atoms with Gasteiger partial charge >= 0.3 is 0 Å². The van der Waals surface area contributed by atoms with E-state index in [0.717, 1.165) is 72.3 Å². The first kappa shape index (κ1) is 33.9. The number of hydrogen-bond acceptors (Lipinski definition) is 3. The maximum Gasteiger partial charge on any atom is 0.0701 e. The fourth-order valence-corrected chi connectivity index (χ4v) is 6.10. The molecule has 0 aliphatic carbocycles. The Hall–Kier alpha value is -5.02. The Labute approximate surface area is 303 Å². The van der Waals surface area contributed by atoms with Crippen molar-refractivity contribution in [2.24, 2.45) is 0 Å². The largest absolute Gasteiger partial charge is 0.305 e. The topological polar surface area (TPSA) is 38.7 Å². The van der Waals surface area contributed by atoms with E-state index in [0.29, 0.717) is 0 Å². The summed E-state index contributed by atoms with van der Waals surface area (Å²) in [7, 11) is 0. The number of pyridine rings is 3. The molecule has 0 unspecified atom stereocenters. The zero-order valence-electron chi connectivity index (χ0n) is 27.4. The molecule has 0 amide bonds. The van der Waals surface area contributed by atoms with E-state index in [2.05, 4.69) is 112 Å². The summed E-state index contributed by atoms with van der Waals surface area (Å²) < 4.78 is 0. The van der Waals surface area contributed by atoms with Gasteiger partial charge in [0.1, 0.15) is 0 Å². The molecule has 3 aromatic heterocycles. The molecule has 3 nitrogen and oxygen atoms in total. The summed E-state index contributed by atoms with van der Waals surface area (Å²) >= 11 is 0. The third-order valence-corrected chi connectivity index (χ3v) is 8.77. The van der Waals surface area contributed by atoms with Crippen molar-refractivity contribution in [3.05, 3.63) is 198 Å². The molecule has 0 saturated carbocycles. The third kappa shape index (κ3) is 9.32. The SMILES string of the molecule is [Ir].[c-]1cc(CCc2cc(CCc3c[c-]c(-c4ccccn4)cc3)cc(CCc3ccc(-c4ccccn4)cc3)c2)ccc1-c1ccccn1. The van der Waals surface area contributed by atoms with Crippen LogP contribution in [0.25, 0.3) is 33.8 Å². The molecule has 0 saturated heterocycles. The van der Waals surface area contributed by atoms with Crippen molar-refractivity contribution in [1.82, 2.24) is 15.0 Å². The summed E-state index contributed by atoms with van der Waals surface area (Å²) in [6.45, 7) is 0. The van der Waals surface area contributed by atoms with Crippen LogP contribution in [0, 0.1) is 12.1 Å². The average molecular weight is 812 g/mol. The first-order chi connectivity index (χ1) is 23.7. The van der Waals surface area contributed by atoms with Gasteiger partial charge in [0, 0.05) is 44.3 Å². The van der Waals surface area contributed by atoms with Gasteiger partial charge in [-0.2, -0.15) is 0 Å². The molecule has 243 valence electrons. The van der Waals surface area contributed by atoms with Gasteiger partial charge in [-0.25, -0.2) is 0 Å². The van der Waals surface area contributed by atoms with E-state index in [4.69, 9.17) is 0 Å². The summed E-state index contributed by atoms with van der Waals surface area (Å²) in [6.07, 6.45) is 11.4. The summed E-state index contributed by atoms with van der Waals surface area (Å²) in [5.74, 6) is 0. The summed E-state index contributed by atoms with van der Waals surface area (Å²) in [4.78, 5) is 13.4. The van der Waals surface area contributed by atoms with E-state index in [1.165, 1.54) is 33.4 Å². The molecule has 0 N–H and O–H groups in total. The minimum Gasteiger partial charge on any atom is -0.305 e. The monoisotopic (exact) mass is 812 g/mol. The predicted molar refractivity (Wildman–Crippen MR) is 195 cm³/mol. The van der Waals surface area contributed by atoms with Gasteiger partial charge in [0.2, 0.25) is 0 Å². The van der Waals surface area contributed by atoms with Gasteiger partial charge in [-0.05, 0) is 83.6 Å². The van der Waals surface area contributed by atoms with E-state index in [9.17, 15) is 0 Å². The molecule has 0 atom stereocenters. The molecule has 4 heteroatoms. The second kappa shape index (κ2) is 16.9. The number of nitrogens with zero attached hydrogens (tertiary/aromatic N) is 3. The van der Waals surface area contributed by atoms with Crippen molar-refractivity contribution in [2.45, 2.75) is 38.5 Å². The van der Waals surface area contributed by atoms with Gasteiger partial charge in [0.15, 0.2) is 0 Å². The van der Waals surface area contributed by atoms with Crippen LogP contribution in [0.2, 0.25) is 0 Å². The van der Waals surface area contributed by atoms with Crippen LogP contribution < -0.4 is 0 Å². The van der Waals surface area contributed by atoms with Crippen molar-refractivity contribution < 1.29 is 20.1 Å². The van der Waals surface area contributed by atoms with E-state index in [1.54, 1.807) is 0 Å². The summed E-state index contributed by atoms with van der Waals surface area (Å²) in [5, 5.41) is 0. The van der Waals surface area contributed by atoms with E-state index < -0.39 is 0 Å². The van der Waals surface area contributed by atoms with E-state index in [1.807, 2.05) is 67.1 Å². The molecule has 4 aromatic carbocycles. The maximum absolute atomic E-state index is 4.50. The molecule has 1 radical (unpaired) electrons. The Balaban J connectivity index is 0.00000417. The summed E-state index contributed by atoms with van der Waals surface area (Å²) in [6, 6.07) is 53.9. The Morgan fingerprint density at radius 2 is 0.755 bits per heavy atom. The molecule has 0 fully saturated rings. The molecular formula is C45H37IrN3-2. The fourth-order valence-electron chi connectivity index (χ4n) is 6.10. The normalized spacial score (nSPS) is 10.8. The molecule has 0 spiro atoms. The third-order valence-electron chi connectivity index (χ3n) is 8.77. The van der Waals surface area contributed by atoms with Crippen molar-refractivity contribution >= 4 is 0 Å². The van der Waals surface area contributed by atoms with Crippen LogP contribution in [-0.4, -0.2) is 15.0 Å². The van der Waals surface area contributed by atoms with Crippen molar-refractivity contribution in [3.8, 4) is 33.8 Å². The zero-order valence-corrected chi connectivity index (χ0v) is 29.7. The van der Waals surface area contributed by atoms with Crippen LogP contribution in [0.5, 0.6) is 0 Å². The molecular weight excluding hydrogens is 775 g/mol. The van der Waals surface area contributed by atoms with Crippen molar-refractivity contribution in [1.29, 1.82) is 0 Å². The molecule has 49 heavy (non-hydrogen) atoms. The molecule has 7 aromatic rings. The second-order valence-electron chi connectivity index (χ2n) is 12.2. The first-order valence-electron chi connectivity index (χ1n) is 16.7. The minimum atomic E-state index is 0. The van der Waals surface area contributed by atoms with Crippen LogP contribution in [0.15, 0.2) is 152 Å². The number of aromatic nitrogens is 3. The van der Waals surface area contributed by atoms with Crippen LogP contribution in [0.4, 0.5) is 0 Å². The Kier molecular flexibility index (Phi) is 11.7. The van der Waals surface area contributed by atoms with Gasteiger partial charge < -0.3 is 9.97 Å². The summed E-state index contributed by atoms with van der Waals surface area (Å²) in [5.41, 5.74) is 14.2. The number of aryl methyl sites for hydroxylation is 6. The van der Waals surface area contributed by atoms with Crippen molar-refractivity contribution in [3.63, 3.8) is 0 Å². The Bertz CT molecular complexity index is 1770. The standard InChI is InChI=1S/C45H37N3.Ir/c1-4-28-46-43(7-1)40-22-16-34(17-23-40)10-13-37-31-38(14-11-35-18-24-41(25-19-35)44-8-2-5-29-47-44)33-39(32-37)15-12-36-20-26-42(27-21-36)45-9-3-6-30-48-45;/h1-9,16-24,26,28-33H,10-15H2;/q-2;. The molecule has 3 heterocycles. The first-order valence-corrected chi connectivity index (χ1v) is 16.7. The molecule has 0 bridgehead atoms. The molecule has 0 aliphatic heterocycles. The average Bonchev–Trinajstić information content (AvgIpc) is 3.17. The second-order valence-corrected chi connectivity index (χ2v) is 12.2. The fraction of sp³-hybridized carbons (Fsp3) is 0.133. The quantitative estimate of drug-likeness (QED) is 0.115. The van der Waals surface area contributed by atoms with Crippen molar-refractivity contribution in [2.75, 3.05) is 0 Å².